The van der Waals surface area contributed by atoms with Crippen molar-refractivity contribution in [3.05, 3.63) is 48.3 Å². The molecule has 10 heteroatoms. The van der Waals surface area contributed by atoms with E-state index in [1.54, 1.807) is 6.92 Å². The molecular formula is C28H34N8O2. The van der Waals surface area contributed by atoms with E-state index in [1.807, 2.05) is 35.5 Å². The number of carbonyl (C=O) groups is 1. The van der Waals surface area contributed by atoms with Gasteiger partial charge in [-0.05, 0) is 43.4 Å². The molecule has 0 unspecified atom stereocenters. The van der Waals surface area contributed by atoms with E-state index >= 15 is 0 Å². The third-order valence-electron chi connectivity index (χ3n) is 7.72. The minimum absolute atomic E-state index is 0.0287. The number of nitrogens with zero attached hydrogens (tertiary/aromatic N) is 7. The van der Waals surface area contributed by atoms with Crippen molar-refractivity contribution in [1.82, 2.24) is 29.6 Å². The highest BCUT2D eigenvalue weighted by molar-refractivity contribution is 5.87. The highest BCUT2D eigenvalue weighted by Crippen LogP contribution is 2.30. The average Bonchev–Trinajstić information content (AvgIpc) is 3.36. The van der Waals surface area contributed by atoms with Gasteiger partial charge in [-0.2, -0.15) is 10.1 Å². The molecule has 1 atom stereocenters. The Morgan fingerprint density at radius 2 is 1.87 bits per heavy atom. The van der Waals surface area contributed by atoms with Crippen molar-refractivity contribution in [3.63, 3.8) is 0 Å². The first-order valence-corrected chi connectivity index (χ1v) is 13.5. The van der Waals surface area contributed by atoms with Crippen LogP contribution in [0, 0.1) is 5.92 Å². The number of para-hydroxylation sites is 1. The smallest absolute Gasteiger partial charge is 0.228 e. The summed E-state index contributed by atoms with van der Waals surface area (Å²) in [6, 6.07) is 10.3. The molecule has 0 radical (unpaired) electrons. The Balaban J connectivity index is 1.33. The molecule has 6 rings (SSSR count). The summed E-state index contributed by atoms with van der Waals surface area (Å²) in [5.74, 6) is 2.05. The number of pyridine rings is 1. The Bertz CT molecular complexity index is 1440. The molecule has 10 nitrogen and oxygen atoms in total. The maximum atomic E-state index is 11.8. The monoisotopic (exact) mass is 514 g/mol. The van der Waals surface area contributed by atoms with Crippen molar-refractivity contribution in [2.45, 2.75) is 39.3 Å². The molecule has 4 aromatic rings. The van der Waals surface area contributed by atoms with Gasteiger partial charge in [-0.25, -0.2) is 4.98 Å². The van der Waals surface area contributed by atoms with Crippen LogP contribution in [0.5, 0.6) is 0 Å². The highest BCUT2D eigenvalue weighted by atomic mass is 16.5. The second kappa shape index (κ2) is 10.5. The third-order valence-corrected chi connectivity index (χ3v) is 7.72. The number of carbonyl (C=O) groups excluding carboxylic acids is 1. The molecule has 1 aromatic carbocycles. The van der Waals surface area contributed by atoms with E-state index in [-0.39, 0.29) is 11.9 Å². The molecule has 2 saturated heterocycles. The molecule has 0 saturated carbocycles. The molecule has 0 bridgehead atoms. The molecule has 1 amide bonds. The van der Waals surface area contributed by atoms with E-state index in [9.17, 15) is 4.79 Å². The van der Waals surface area contributed by atoms with Crippen molar-refractivity contribution in [1.29, 1.82) is 0 Å². The summed E-state index contributed by atoms with van der Waals surface area (Å²) in [7, 11) is 0. The van der Waals surface area contributed by atoms with E-state index in [1.165, 1.54) is 0 Å². The number of hydrogen-bond acceptors (Lipinski definition) is 8. The second-order valence-electron chi connectivity index (χ2n) is 10.3. The molecule has 5 heterocycles. The van der Waals surface area contributed by atoms with Crippen LogP contribution in [-0.4, -0.2) is 74.9 Å². The maximum Gasteiger partial charge on any atom is 0.228 e. The Morgan fingerprint density at radius 1 is 1.08 bits per heavy atom. The first-order valence-electron chi connectivity index (χ1n) is 13.5. The first kappa shape index (κ1) is 24.5. The number of piperazine rings is 1. The fourth-order valence-corrected chi connectivity index (χ4v) is 5.38. The number of anilines is 2. The van der Waals surface area contributed by atoms with Gasteiger partial charge < -0.3 is 19.9 Å². The Morgan fingerprint density at radius 3 is 2.66 bits per heavy atom. The summed E-state index contributed by atoms with van der Waals surface area (Å²) in [4.78, 5) is 30.5. The summed E-state index contributed by atoms with van der Waals surface area (Å²) in [6.07, 6.45) is 5.84. The largest absolute Gasteiger partial charge is 0.381 e. The summed E-state index contributed by atoms with van der Waals surface area (Å²) >= 11 is 0. The van der Waals surface area contributed by atoms with Crippen LogP contribution in [0.4, 0.5) is 11.8 Å². The fraction of sp³-hybridized carbons (Fsp3) is 0.464. The van der Waals surface area contributed by atoms with Crippen LogP contribution >= 0.6 is 0 Å². The third kappa shape index (κ3) is 5.00. The van der Waals surface area contributed by atoms with Gasteiger partial charge in [0.15, 0.2) is 5.82 Å². The lowest BCUT2D eigenvalue weighted by Gasteiger charge is -2.34. The first-order chi connectivity index (χ1) is 18.5. The van der Waals surface area contributed by atoms with Gasteiger partial charge in [-0.1, -0.05) is 18.2 Å². The van der Waals surface area contributed by atoms with Gasteiger partial charge in [-0.3, -0.25) is 14.5 Å². The molecule has 198 valence electrons. The van der Waals surface area contributed by atoms with Gasteiger partial charge in [0, 0.05) is 64.4 Å². The van der Waals surface area contributed by atoms with Gasteiger partial charge in [0.05, 0.1) is 17.8 Å². The lowest BCUT2D eigenvalue weighted by molar-refractivity contribution is -0.129. The number of nitrogens with one attached hydrogen (secondary N) is 1. The molecule has 2 fully saturated rings. The van der Waals surface area contributed by atoms with Gasteiger partial charge in [-0.15, -0.1) is 0 Å². The molecule has 2 aliphatic heterocycles. The van der Waals surface area contributed by atoms with E-state index in [0.717, 1.165) is 65.9 Å². The summed E-state index contributed by atoms with van der Waals surface area (Å²) < 4.78 is 7.62. The molecule has 0 spiro atoms. The van der Waals surface area contributed by atoms with Gasteiger partial charge in [0.25, 0.3) is 0 Å². The molecule has 3 aromatic heterocycles. The number of aromatic nitrogens is 5. The lowest BCUT2D eigenvalue weighted by atomic mass is 10.0. The molecule has 0 aliphatic carbocycles. The zero-order chi connectivity index (χ0) is 26.1. The van der Waals surface area contributed by atoms with Crippen molar-refractivity contribution in [2.24, 2.45) is 5.92 Å². The minimum atomic E-state index is -0.0287. The van der Waals surface area contributed by atoms with Crippen molar-refractivity contribution < 1.29 is 9.53 Å². The van der Waals surface area contributed by atoms with Gasteiger partial charge in [0.2, 0.25) is 11.9 Å². The molecule has 2 aliphatic rings. The number of benzene rings is 1. The van der Waals surface area contributed by atoms with Crippen LogP contribution in [0.15, 0.2) is 42.7 Å². The molecular weight excluding hydrogens is 480 g/mol. The predicted octanol–water partition coefficient (Wildman–Crippen LogP) is 3.64. The predicted molar refractivity (Wildman–Crippen MR) is 147 cm³/mol. The van der Waals surface area contributed by atoms with Crippen LogP contribution in [0.1, 0.15) is 38.3 Å². The highest BCUT2D eigenvalue weighted by Gasteiger charge is 2.24. The Hall–Kier alpha value is -3.79. The standard InChI is InChI=1S/C28H34N8O2/c1-19(23-15-22-5-3-4-6-24(22)29-16-23)31-27-26-25(17-30-36(26)18-21-7-13-38-14-8-21)32-28(33-27)35-11-9-34(10-12-35)20(2)37/h3-6,15-17,19,21H,7-14,18H2,1-2H3,(H,31,32,33)/t19-/m1/s1. The fourth-order valence-electron chi connectivity index (χ4n) is 5.38. The normalized spacial score (nSPS) is 17.7. The zero-order valence-corrected chi connectivity index (χ0v) is 22.0. The molecule has 38 heavy (non-hydrogen) atoms. The number of ether oxygens (including phenoxy) is 1. The summed E-state index contributed by atoms with van der Waals surface area (Å²) in [6.45, 7) is 8.90. The van der Waals surface area contributed by atoms with Crippen LogP contribution in [0.2, 0.25) is 0 Å². The lowest BCUT2D eigenvalue weighted by Crippen LogP contribution is -2.48. The molecule has 1 N–H and O–H groups in total. The van der Waals surface area contributed by atoms with E-state index < -0.39 is 0 Å². The van der Waals surface area contributed by atoms with Crippen molar-refractivity contribution in [2.75, 3.05) is 49.6 Å². The SMILES string of the molecule is CC(=O)N1CCN(c2nc(N[C@H](C)c3cnc4ccccc4c3)c3c(cnn3CC3CCOCC3)n2)CC1. The number of rotatable bonds is 6. The van der Waals surface area contributed by atoms with Crippen molar-refractivity contribution >= 4 is 39.6 Å². The van der Waals surface area contributed by atoms with Crippen LogP contribution < -0.4 is 10.2 Å². The zero-order valence-electron chi connectivity index (χ0n) is 22.0. The number of hydrogen-bond donors (Lipinski definition) is 1. The van der Waals surface area contributed by atoms with Crippen LogP contribution in [0.25, 0.3) is 21.9 Å². The Kier molecular flexibility index (Phi) is 6.80. The quantitative estimate of drug-likeness (QED) is 0.416. The van der Waals surface area contributed by atoms with E-state index in [0.29, 0.717) is 38.0 Å². The Labute approximate surface area is 222 Å². The summed E-state index contributed by atoms with van der Waals surface area (Å²) in [5.41, 5.74) is 3.81. The van der Waals surface area contributed by atoms with E-state index in [4.69, 9.17) is 19.8 Å². The summed E-state index contributed by atoms with van der Waals surface area (Å²) in [5, 5.41) is 9.52. The topological polar surface area (TPSA) is 101 Å². The van der Waals surface area contributed by atoms with Crippen molar-refractivity contribution in [3.8, 4) is 0 Å². The van der Waals surface area contributed by atoms with E-state index in [2.05, 4.69) is 38.9 Å². The van der Waals surface area contributed by atoms with Crippen LogP contribution in [-0.2, 0) is 16.1 Å². The van der Waals surface area contributed by atoms with Crippen LogP contribution in [0.3, 0.4) is 0 Å². The second-order valence-corrected chi connectivity index (χ2v) is 10.3. The van der Waals surface area contributed by atoms with Gasteiger partial charge >= 0.3 is 0 Å². The maximum absolute atomic E-state index is 11.8. The van der Waals surface area contributed by atoms with Gasteiger partial charge in [0.1, 0.15) is 11.0 Å². The average molecular weight is 515 g/mol. The minimum Gasteiger partial charge on any atom is -0.381 e. The number of amides is 1. The number of fused-ring (bicyclic) bond motifs is 2.